The van der Waals surface area contributed by atoms with Crippen LogP contribution >= 0.6 is 11.3 Å². The van der Waals surface area contributed by atoms with E-state index in [1.165, 1.54) is 17.8 Å². The van der Waals surface area contributed by atoms with E-state index in [1.54, 1.807) is 4.90 Å². The van der Waals surface area contributed by atoms with Crippen LogP contribution in [0.25, 0.3) is 10.7 Å². The van der Waals surface area contributed by atoms with E-state index in [9.17, 15) is 9.59 Å². The molecule has 2 aromatic heterocycles. The Hall–Kier alpha value is -3.00. The summed E-state index contributed by atoms with van der Waals surface area (Å²) in [6, 6.07) is 11.3. The van der Waals surface area contributed by atoms with Crippen molar-refractivity contribution in [3.63, 3.8) is 0 Å². The highest BCUT2D eigenvalue weighted by atomic mass is 32.1. The summed E-state index contributed by atoms with van der Waals surface area (Å²) in [5.41, 5.74) is 1.56. The average molecular weight is 423 g/mol. The Morgan fingerprint density at radius 3 is 2.80 bits per heavy atom. The Kier molecular flexibility index (Phi) is 4.86. The summed E-state index contributed by atoms with van der Waals surface area (Å²) in [5, 5.41) is 7.11. The summed E-state index contributed by atoms with van der Waals surface area (Å²) in [6.45, 7) is 2.34. The molecule has 0 radical (unpaired) electrons. The maximum absolute atomic E-state index is 12.8. The number of anilines is 2. The Labute approximate surface area is 178 Å². The zero-order chi connectivity index (χ0) is 20.7. The van der Waals surface area contributed by atoms with Crippen LogP contribution in [0.5, 0.6) is 0 Å². The lowest BCUT2D eigenvalue weighted by molar-refractivity contribution is -0.122. The monoisotopic (exact) mass is 422 g/mol. The minimum atomic E-state index is -0.379. The van der Waals surface area contributed by atoms with E-state index in [-0.39, 0.29) is 24.2 Å². The molecule has 1 aromatic carbocycles. The third-order valence-corrected chi connectivity index (χ3v) is 6.90. The molecule has 1 aliphatic heterocycles. The maximum Gasteiger partial charge on any atom is 0.230 e. The van der Waals surface area contributed by atoms with Gasteiger partial charge in [-0.05, 0) is 38.0 Å². The quantitative estimate of drug-likeness (QED) is 0.660. The Morgan fingerprint density at radius 2 is 2.07 bits per heavy atom. The first-order chi connectivity index (χ1) is 14.6. The van der Waals surface area contributed by atoms with Gasteiger partial charge in [-0.15, -0.1) is 11.3 Å². The third kappa shape index (κ3) is 3.52. The van der Waals surface area contributed by atoms with Gasteiger partial charge in [0.25, 0.3) is 0 Å². The number of benzene rings is 1. The largest absolute Gasteiger partial charge is 0.339 e. The molecule has 5 rings (SSSR count). The van der Waals surface area contributed by atoms with Gasteiger partial charge < -0.3 is 14.7 Å². The van der Waals surface area contributed by atoms with E-state index in [0.29, 0.717) is 24.2 Å². The number of carbonyl (C=O) groups excluding carboxylic acids is 2. The zero-order valence-electron chi connectivity index (χ0n) is 16.6. The van der Waals surface area contributed by atoms with E-state index in [1.807, 2.05) is 43.3 Å². The first-order valence-electron chi connectivity index (χ1n) is 10.2. The standard InChI is InChI=1S/C22H22N4O3S/c1-13-17(11-18(30-13)20-24-22(29-25-20)14-6-5-7-14)23-21(28)15-10-19(27)26(12-15)16-8-3-2-4-9-16/h2-4,8-9,11,14-15H,5-7,10,12H2,1H3,(H,23,28)/t15-/m0/s1. The molecule has 3 heterocycles. The average Bonchev–Trinajstić information content (AvgIpc) is 3.41. The van der Waals surface area contributed by atoms with Crippen LogP contribution in [-0.2, 0) is 9.59 Å². The zero-order valence-corrected chi connectivity index (χ0v) is 17.4. The van der Waals surface area contributed by atoms with Gasteiger partial charge in [0.05, 0.1) is 16.5 Å². The number of nitrogens with one attached hydrogen (secondary N) is 1. The van der Waals surface area contributed by atoms with E-state index in [0.717, 1.165) is 34.0 Å². The summed E-state index contributed by atoms with van der Waals surface area (Å²) in [4.78, 5) is 33.3. The van der Waals surface area contributed by atoms with Crippen molar-refractivity contribution in [2.75, 3.05) is 16.8 Å². The van der Waals surface area contributed by atoms with Crippen molar-refractivity contribution in [1.82, 2.24) is 10.1 Å². The van der Waals surface area contributed by atoms with Crippen LogP contribution in [0.4, 0.5) is 11.4 Å². The molecule has 3 aromatic rings. The molecule has 2 fully saturated rings. The topological polar surface area (TPSA) is 88.3 Å². The summed E-state index contributed by atoms with van der Waals surface area (Å²) in [5.74, 6) is 1.11. The maximum atomic E-state index is 12.8. The van der Waals surface area contributed by atoms with Crippen molar-refractivity contribution in [3.05, 3.63) is 47.2 Å². The number of thiophene rings is 1. The Morgan fingerprint density at radius 1 is 1.27 bits per heavy atom. The third-order valence-electron chi connectivity index (χ3n) is 5.86. The number of aromatic nitrogens is 2. The van der Waals surface area contributed by atoms with Gasteiger partial charge in [-0.25, -0.2) is 0 Å². The van der Waals surface area contributed by atoms with Crippen LogP contribution < -0.4 is 10.2 Å². The number of carbonyl (C=O) groups is 2. The lowest BCUT2D eigenvalue weighted by Crippen LogP contribution is -2.28. The predicted octanol–water partition coefficient (Wildman–Crippen LogP) is 4.37. The normalized spacial score (nSPS) is 19.2. The first kappa shape index (κ1) is 19.0. The van der Waals surface area contributed by atoms with Gasteiger partial charge in [-0.3, -0.25) is 9.59 Å². The second kappa shape index (κ2) is 7.68. The number of para-hydroxylation sites is 1. The number of nitrogens with zero attached hydrogens (tertiary/aromatic N) is 3. The van der Waals surface area contributed by atoms with Gasteiger partial charge in [0.15, 0.2) is 0 Å². The second-order valence-electron chi connectivity index (χ2n) is 7.89. The molecule has 1 saturated heterocycles. The van der Waals surface area contributed by atoms with Crippen LogP contribution in [0.1, 0.15) is 42.4 Å². The molecule has 1 saturated carbocycles. The molecule has 0 unspecified atom stereocenters. The number of aryl methyl sites for hydroxylation is 1. The Bertz CT molecular complexity index is 1090. The molecular weight excluding hydrogens is 400 g/mol. The smallest absolute Gasteiger partial charge is 0.230 e. The minimum Gasteiger partial charge on any atom is -0.339 e. The van der Waals surface area contributed by atoms with Crippen molar-refractivity contribution in [2.24, 2.45) is 5.92 Å². The molecule has 1 N–H and O–H groups in total. The molecule has 0 bridgehead atoms. The fourth-order valence-corrected chi connectivity index (χ4v) is 4.75. The number of amides is 2. The van der Waals surface area contributed by atoms with Gasteiger partial charge in [0.1, 0.15) is 0 Å². The van der Waals surface area contributed by atoms with Crippen molar-refractivity contribution in [1.29, 1.82) is 0 Å². The minimum absolute atomic E-state index is 0.0283. The molecule has 0 spiro atoms. The highest BCUT2D eigenvalue weighted by molar-refractivity contribution is 7.16. The molecular formula is C22H22N4O3S. The highest BCUT2D eigenvalue weighted by Gasteiger charge is 2.35. The molecule has 8 heteroatoms. The van der Waals surface area contributed by atoms with Crippen LogP contribution in [0.3, 0.4) is 0 Å². The molecule has 30 heavy (non-hydrogen) atoms. The lowest BCUT2D eigenvalue weighted by atomic mass is 9.85. The summed E-state index contributed by atoms with van der Waals surface area (Å²) in [7, 11) is 0. The Balaban J connectivity index is 1.27. The lowest BCUT2D eigenvalue weighted by Gasteiger charge is -2.20. The van der Waals surface area contributed by atoms with Gasteiger partial charge in [0, 0.05) is 29.4 Å². The van der Waals surface area contributed by atoms with Crippen LogP contribution in [0.15, 0.2) is 40.9 Å². The van der Waals surface area contributed by atoms with Crippen LogP contribution in [0.2, 0.25) is 0 Å². The van der Waals surface area contributed by atoms with Gasteiger partial charge >= 0.3 is 0 Å². The fourth-order valence-electron chi connectivity index (χ4n) is 3.85. The van der Waals surface area contributed by atoms with Gasteiger partial charge in [-0.2, -0.15) is 4.98 Å². The van der Waals surface area contributed by atoms with E-state index in [4.69, 9.17) is 4.52 Å². The van der Waals surface area contributed by atoms with E-state index < -0.39 is 0 Å². The van der Waals surface area contributed by atoms with Gasteiger partial charge in [-0.1, -0.05) is 29.8 Å². The van der Waals surface area contributed by atoms with Crippen molar-refractivity contribution in [3.8, 4) is 10.7 Å². The van der Waals surface area contributed by atoms with Crippen LogP contribution in [0, 0.1) is 12.8 Å². The first-order valence-corrected chi connectivity index (χ1v) is 11.0. The fraction of sp³-hybridized carbons (Fsp3) is 0.364. The van der Waals surface area contributed by atoms with E-state index in [2.05, 4.69) is 15.5 Å². The number of rotatable bonds is 5. The molecule has 2 amide bonds. The summed E-state index contributed by atoms with van der Waals surface area (Å²) < 4.78 is 5.42. The highest BCUT2D eigenvalue weighted by Crippen LogP contribution is 2.38. The predicted molar refractivity (Wildman–Crippen MR) is 114 cm³/mol. The van der Waals surface area contributed by atoms with E-state index >= 15 is 0 Å². The summed E-state index contributed by atoms with van der Waals surface area (Å²) in [6.07, 6.45) is 3.63. The van der Waals surface area contributed by atoms with Crippen molar-refractivity contribution in [2.45, 2.75) is 38.5 Å². The van der Waals surface area contributed by atoms with Crippen molar-refractivity contribution < 1.29 is 14.1 Å². The van der Waals surface area contributed by atoms with Crippen LogP contribution in [-0.4, -0.2) is 28.5 Å². The SMILES string of the molecule is Cc1sc(-c2noc(C3CCC3)n2)cc1NC(=O)[C@H]1CC(=O)N(c2ccccc2)C1. The second-order valence-corrected chi connectivity index (χ2v) is 9.15. The molecule has 1 atom stereocenters. The summed E-state index contributed by atoms with van der Waals surface area (Å²) >= 11 is 1.52. The van der Waals surface area contributed by atoms with Crippen molar-refractivity contribution >= 4 is 34.5 Å². The van der Waals surface area contributed by atoms with Gasteiger partial charge in [0.2, 0.25) is 23.5 Å². The molecule has 2 aliphatic rings. The number of hydrogen-bond acceptors (Lipinski definition) is 6. The molecule has 1 aliphatic carbocycles. The number of hydrogen-bond donors (Lipinski definition) is 1. The molecule has 154 valence electrons. The molecule has 7 nitrogen and oxygen atoms in total.